The Kier molecular flexibility index (Phi) is 5.37. The van der Waals surface area contributed by atoms with Crippen LogP contribution in [0.15, 0.2) is 42.5 Å². The van der Waals surface area contributed by atoms with Gasteiger partial charge in [0.1, 0.15) is 5.82 Å². The zero-order chi connectivity index (χ0) is 19.6. The van der Waals surface area contributed by atoms with Crippen LogP contribution >= 0.6 is 11.6 Å². The molecule has 5 nitrogen and oxygen atoms in total. The van der Waals surface area contributed by atoms with Crippen LogP contribution in [-0.2, 0) is 5.54 Å². The molecule has 27 heavy (non-hydrogen) atoms. The summed E-state index contributed by atoms with van der Waals surface area (Å²) in [5.74, 6) is -0.763. The Labute approximate surface area is 162 Å². The zero-order valence-corrected chi connectivity index (χ0v) is 15.9. The Morgan fingerprint density at radius 1 is 1.15 bits per heavy atom. The molecule has 2 aromatic carbocycles. The maximum absolute atomic E-state index is 13.3. The minimum absolute atomic E-state index is 0.243. The van der Waals surface area contributed by atoms with Gasteiger partial charge in [-0.1, -0.05) is 23.7 Å². The second kappa shape index (κ2) is 7.56. The van der Waals surface area contributed by atoms with Gasteiger partial charge in [0.15, 0.2) is 0 Å². The Morgan fingerprint density at radius 3 is 2.56 bits per heavy atom. The van der Waals surface area contributed by atoms with E-state index < -0.39 is 11.4 Å². The molecule has 0 bridgehead atoms. The van der Waals surface area contributed by atoms with Gasteiger partial charge < -0.3 is 16.0 Å². The van der Waals surface area contributed by atoms with Crippen molar-refractivity contribution in [2.75, 3.05) is 5.32 Å². The van der Waals surface area contributed by atoms with Crippen molar-refractivity contribution < 1.29 is 14.0 Å². The van der Waals surface area contributed by atoms with Gasteiger partial charge in [0.05, 0.1) is 5.54 Å². The first-order chi connectivity index (χ1) is 12.7. The van der Waals surface area contributed by atoms with Gasteiger partial charge in [-0.15, -0.1) is 0 Å². The molecule has 0 unspecified atom stereocenters. The Bertz CT molecular complexity index is 881. The number of hydrogen-bond donors (Lipinski definition) is 3. The lowest BCUT2D eigenvalue weighted by molar-refractivity contribution is 0.0912. The third-order valence-electron chi connectivity index (χ3n) is 4.33. The Morgan fingerprint density at radius 2 is 1.89 bits per heavy atom. The number of halogens is 2. The van der Waals surface area contributed by atoms with Crippen LogP contribution < -0.4 is 16.0 Å². The normalized spacial score (nSPS) is 13.8. The predicted octanol–water partition coefficient (Wildman–Crippen LogP) is 4.43. The summed E-state index contributed by atoms with van der Waals surface area (Å²) in [5.41, 5.74) is 0.718. The van der Waals surface area contributed by atoms with Gasteiger partial charge in [-0.3, -0.25) is 4.79 Å². The van der Waals surface area contributed by atoms with Crippen LogP contribution in [0.4, 0.5) is 14.9 Å². The maximum Gasteiger partial charge on any atom is 0.319 e. The monoisotopic (exact) mass is 389 g/mol. The lowest BCUT2D eigenvalue weighted by atomic mass is 9.93. The number of hydrogen-bond acceptors (Lipinski definition) is 2. The lowest BCUT2D eigenvalue weighted by Crippen LogP contribution is -2.41. The molecular formula is C20H21ClFN3O2. The number of amides is 3. The summed E-state index contributed by atoms with van der Waals surface area (Å²) >= 11 is 6.13. The van der Waals surface area contributed by atoms with Crippen LogP contribution in [0.1, 0.15) is 42.6 Å². The average Bonchev–Trinajstić information content (AvgIpc) is 3.38. The molecule has 0 radical (unpaired) electrons. The Hall–Kier alpha value is -2.60. The summed E-state index contributed by atoms with van der Waals surface area (Å²) in [6.45, 7) is 3.57. The quantitative estimate of drug-likeness (QED) is 0.708. The molecule has 2 aromatic rings. The van der Waals surface area contributed by atoms with E-state index in [9.17, 15) is 14.0 Å². The molecule has 0 aliphatic heterocycles. The van der Waals surface area contributed by atoms with Gasteiger partial charge in [-0.05, 0) is 62.6 Å². The first-order valence-electron chi connectivity index (χ1n) is 8.70. The van der Waals surface area contributed by atoms with Crippen LogP contribution in [0, 0.1) is 5.82 Å². The number of carbonyl (C=O) groups is 2. The van der Waals surface area contributed by atoms with E-state index in [2.05, 4.69) is 16.0 Å². The molecule has 142 valence electrons. The smallest absolute Gasteiger partial charge is 0.319 e. The van der Waals surface area contributed by atoms with E-state index in [4.69, 9.17) is 11.6 Å². The highest BCUT2D eigenvalue weighted by atomic mass is 35.5. The molecular weight excluding hydrogens is 369 g/mol. The van der Waals surface area contributed by atoms with Gasteiger partial charge in [-0.25, -0.2) is 9.18 Å². The van der Waals surface area contributed by atoms with Crippen molar-refractivity contribution in [3.8, 4) is 0 Å². The zero-order valence-electron chi connectivity index (χ0n) is 15.1. The second-order valence-corrected chi connectivity index (χ2v) is 7.56. The van der Waals surface area contributed by atoms with Gasteiger partial charge in [0, 0.05) is 22.3 Å². The molecule has 0 saturated heterocycles. The molecule has 1 aliphatic carbocycles. The van der Waals surface area contributed by atoms with Crippen molar-refractivity contribution in [2.24, 2.45) is 0 Å². The number of benzene rings is 2. The summed E-state index contributed by atoms with van der Waals surface area (Å²) < 4.78 is 13.3. The fraction of sp³-hybridized carbons (Fsp3) is 0.300. The molecule has 1 fully saturated rings. The molecule has 3 N–H and O–H groups in total. The molecule has 0 aromatic heterocycles. The summed E-state index contributed by atoms with van der Waals surface area (Å²) in [7, 11) is 0. The van der Waals surface area contributed by atoms with Crippen molar-refractivity contribution in [3.63, 3.8) is 0 Å². The lowest BCUT2D eigenvalue weighted by Gasteiger charge is -2.28. The summed E-state index contributed by atoms with van der Waals surface area (Å²) in [6.07, 6.45) is 1.99. The first-order valence-corrected chi connectivity index (χ1v) is 9.08. The van der Waals surface area contributed by atoms with E-state index in [1.54, 1.807) is 44.2 Å². The largest absolute Gasteiger partial charge is 0.343 e. The van der Waals surface area contributed by atoms with E-state index in [-0.39, 0.29) is 23.0 Å². The average molecular weight is 390 g/mol. The van der Waals surface area contributed by atoms with E-state index in [0.717, 1.165) is 12.8 Å². The summed E-state index contributed by atoms with van der Waals surface area (Å²) in [6, 6.07) is 10.7. The van der Waals surface area contributed by atoms with Gasteiger partial charge in [-0.2, -0.15) is 0 Å². The second-order valence-electron chi connectivity index (χ2n) is 7.16. The van der Waals surface area contributed by atoms with Gasteiger partial charge >= 0.3 is 6.03 Å². The minimum atomic E-state index is -0.811. The van der Waals surface area contributed by atoms with Crippen molar-refractivity contribution in [3.05, 3.63) is 64.4 Å². The number of anilines is 1. The topological polar surface area (TPSA) is 70.2 Å². The molecule has 3 rings (SSSR count). The van der Waals surface area contributed by atoms with E-state index in [0.29, 0.717) is 16.8 Å². The maximum atomic E-state index is 13.3. The number of urea groups is 1. The van der Waals surface area contributed by atoms with Crippen molar-refractivity contribution in [1.82, 2.24) is 10.6 Å². The Balaban J connectivity index is 1.71. The van der Waals surface area contributed by atoms with Gasteiger partial charge in [0.2, 0.25) is 0 Å². The third-order valence-corrected chi connectivity index (χ3v) is 4.64. The third kappa shape index (κ3) is 4.98. The van der Waals surface area contributed by atoms with Crippen LogP contribution in [-0.4, -0.2) is 18.0 Å². The van der Waals surface area contributed by atoms with E-state index in [1.165, 1.54) is 12.1 Å². The van der Waals surface area contributed by atoms with Crippen LogP contribution in [0.2, 0.25) is 5.02 Å². The molecule has 7 heteroatoms. The number of nitrogens with one attached hydrogen (secondary N) is 3. The fourth-order valence-electron chi connectivity index (χ4n) is 2.74. The van der Waals surface area contributed by atoms with Crippen LogP contribution in [0.3, 0.4) is 0 Å². The highest BCUT2D eigenvalue weighted by Gasteiger charge is 2.26. The van der Waals surface area contributed by atoms with E-state index >= 15 is 0 Å². The molecule has 0 atom stereocenters. The number of rotatable bonds is 5. The molecule has 1 saturated carbocycles. The van der Waals surface area contributed by atoms with Crippen LogP contribution in [0.25, 0.3) is 0 Å². The molecule has 1 aliphatic rings. The molecule has 0 spiro atoms. The predicted molar refractivity (Wildman–Crippen MR) is 104 cm³/mol. The highest BCUT2D eigenvalue weighted by molar-refractivity contribution is 6.31. The fourth-order valence-corrected chi connectivity index (χ4v) is 3.14. The highest BCUT2D eigenvalue weighted by Crippen LogP contribution is 2.29. The number of carbonyl (C=O) groups excluding carboxylic acids is 2. The van der Waals surface area contributed by atoms with Crippen molar-refractivity contribution >= 4 is 29.2 Å². The minimum Gasteiger partial charge on any atom is -0.343 e. The van der Waals surface area contributed by atoms with E-state index in [1.807, 2.05) is 0 Å². The van der Waals surface area contributed by atoms with Crippen molar-refractivity contribution in [2.45, 2.75) is 38.3 Å². The SMILES string of the molecule is CC(C)(NC(=O)c1cccc(NC(=O)NC2CC2)c1)c1ccc(F)cc1Cl. The summed E-state index contributed by atoms with van der Waals surface area (Å²) in [4.78, 5) is 24.5. The van der Waals surface area contributed by atoms with Gasteiger partial charge in [0.25, 0.3) is 5.91 Å². The summed E-state index contributed by atoms with van der Waals surface area (Å²) in [5, 5.41) is 8.69. The standard InChI is InChI=1S/C20H21ClFN3O2/c1-20(2,16-9-6-13(22)11-17(16)21)25-18(26)12-4-3-5-15(10-12)24-19(27)23-14-7-8-14/h3-6,9-11,14H,7-8H2,1-2H3,(H,25,26)(H2,23,24,27). The van der Waals surface area contributed by atoms with Crippen LogP contribution in [0.5, 0.6) is 0 Å². The molecule has 0 heterocycles. The first kappa shape index (κ1) is 19.2. The van der Waals surface area contributed by atoms with Crippen molar-refractivity contribution in [1.29, 1.82) is 0 Å². The molecule has 3 amide bonds.